The molecule has 2 heterocycles. The van der Waals surface area contributed by atoms with Crippen LogP contribution in [0.3, 0.4) is 0 Å². The van der Waals surface area contributed by atoms with Crippen LogP contribution in [0.1, 0.15) is 53.5 Å². The molecule has 1 aromatic heterocycles. The Bertz CT molecular complexity index is 1220. The monoisotopic (exact) mass is 514 g/mol. The lowest BCUT2D eigenvalue weighted by Gasteiger charge is -2.52. The summed E-state index contributed by atoms with van der Waals surface area (Å²) < 4.78 is 19.0. The first-order chi connectivity index (χ1) is 16.8. The molecule has 8 heteroatoms. The number of ketones is 1. The Morgan fingerprint density at radius 3 is 2.64 bits per heavy atom. The summed E-state index contributed by atoms with van der Waals surface area (Å²) in [6, 6.07) is 0. The van der Waals surface area contributed by atoms with Crippen molar-refractivity contribution in [2.45, 2.75) is 78.5 Å². The average Bonchev–Trinajstić information content (AvgIpc) is 3.29. The van der Waals surface area contributed by atoms with Crippen LogP contribution >= 0.6 is 11.6 Å². The number of aromatic nitrogens is 2. The minimum absolute atomic E-state index is 0.0572. The maximum Gasteiger partial charge on any atom is 0.221 e. The van der Waals surface area contributed by atoms with Crippen molar-refractivity contribution in [1.29, 1.82) is 0 Å². The molecule has 5 aliphatic rings. The first-order valence-corrected chi connectivity index (χ1v) is 13.3. The molecule has 1 aromatic rings. The molecule has 3 fully saturated rings. The largest absolute Gasteiger partial charge is 0.466 e. The lowest BCUT2D eigenvalue weighted by Crippen LogP contribution is -2.68. The fourth-order valence-corrected chi connectivity index (χ4v) is 8.07. The van der Waals surface area contributed by atoms with E-state index in [0.29, 0.717) is 11.5 Å². The van der Waals surface area contributed by atoms with E-state index in [2.05, 4.69) is 36.8 Å². The molecular weight excluding hydrogens is 480 g/mol. The summed E-state index contributed by atoms with van der Waals surface area (Å²) in [5, 5.41) is 13.4. The molecule has 1 N–H and O–H groups in total. The van der Waals surface area contributed by atoms with E-state index >= 15 is 0 Å². The topological polar surface area (TPSA) is 90.8 Å². The molecule has 0 aromatic carbocycles. The summed E-state index contributed by atoms with van der Waals surface area (Å²) in [4.78, 5) is 23.1. The Hall–Kier alpha value is -1.80. The molecule has 1 unspecified atom stereocenters. The van der Waals surface area contributed by atoms with E-state index in [1.54, 1.807) is 6.92 Å². The lowest BCUT2D eigenvalue weighted by atomic mass is 9.59. The maximum atomic E-state index is 14.7. The van der Waals surface area contributed by atoms with Gasteiger partial charge in [0.1, 0.15) is 17.6 Å². The van der Waals surface area contributed by atoms with E-state index in [0.717, 1.165) is 17.6 Å². The van der Waals surface area contributed by atoms with Gasteiger partial charge in [-0.15, -0.1) is 0 Å². The van der Waals surface area contributed by atoms with Crippen LogP contribution in [0.15, 0.2) is 29.6 Å². The van der Waals surface area contributed by atoms with Crippen LogP contribution in [0.5, 0.6) is 5.88 Å². The van der Waals surface area contributed by atoms with Gasteiger partial charge in [-0.1, -0.05) is 44.5 Å². The molecule has 1 spiro atoms. The standard InChI is InChI=1S/C28H35ClN2O5/c1-13-10-27-14(2)8-18-19(25(18,4)5)17(20(27)32)9-16-11-34-26(6,7)36-22(16)28(27,33)21(13)35-24-15(3)23(29)30-12-31-24/h9-10,12,14,17-19,21-22,33H,8,11H2,1-7H3/t14-,17+,18-,19?,21+,22-,27+,28-/m1/s1. The molecule has 4 aliphatic carbocycles. The molecule has 0 radical (unpaired) electrons. The first-order valence-electron chi connectivity index (χ1n) is 12.9. The summed E-state index contributed by atoms with van der Waals surface area (Å²) in [6.07, 6.45) is 4.58. The number of aliphatic hydroxyl groups is 1. The quantitative estimate of drug-likeness (QED) is 0.460. The SMILES string of the molecule is CC1=C[C@]23C(=O)[C@@H](C=C4COC(C)(C)O[C@H]4[C@]2(O)[C@H]1Oc1ncnc(Cl)c1C)C1[C@@H](C[C@H]3C)C1(C)C. The number of Topliss-reactive ketones (excluding diaryl/α,β-unsaturated/α-hetero) is 1. The van der Waals surface area contributed by atoms with Crippen molar-refractivity contribution in [3.05, 3.63) is 40.3 Å². The minimum atomic E-state index is -1.69. The Morgan fingerprint density at radius 2 is 1.92 bits per heavy atom. The summed E-state index contributed by atoms with van der Waals surface area (Å²) in [6.45, 7) is 14.3. The van der Waals surface area contributed by atoms with Crippen molar-refractivity contribution in [3.63, 3.8) is 0 Å². The minimum Gasteiger partial charge on any atom is -0.466 e. The third-order valence-corrected chi connectivity index (χ3v) is 10.3. The predicted molar refractivity (Wildman–Crippen MR) is 133 cm³/mol. The van der Waals surface area contributed by atoms with E-state index in [-0.39, 0.29) is 46.6 Å². The van der Waals surface area contributed by atoms with Gasteiger partial charge in [-0.2, -0.15) is 0 Å². The Labute approximate surface area is 217 Å². The zero-order valence-corrected chi connectivity index (χ0v) is 22.7. The summed E-state index contributed by atoms with van der Waals surface area (Å²) in [7, 11) is 0. The number of rotatable bonds is 2. The second-order valence-electron chi connectivity index (χ2n) is 12.6. The van der Waals surface area contributed by atoms with Crippen molar-refractivity contribution in [1.82, 2.24) is 9.97 Å². The normalized spacial score (nSPS) is 43.8. The Balaban J connectivity index is 1.56. The molecule has 2 bridgehead atoms. The number of carbonyl (C=O) groups is 1. The van der Waals surface area contributed by atoms with E-state index in [1.165, 1.54) is 6.33 Å². The predicted octanol–water partition coefficient (Wildman–Crippen LogP) is 4.45. The molecule has 7 nitrogen and oxygen atoms in total. The number of halogens is 1. The van der Waals surface area contributed by atoms with Crippen LogP contribution < -0.4 is 4.74 Å². The molecular formula is C28H35ClN2O5. The van der Waals surface area contributed by atoms with Gasteiger partial charge in [0.15, 0.2) is 23.3 Å². The zero-order chi connectivity index (χ0) is 26.0. The molecule has 1 aliphatic heterocycles. The van der Waals surface area contributed by atoms with Crippen LogP contribution in [0, 0.1) is 41.4 Å². The number of ether oxygens (including phenoxy) is 3. The molecule has 2 saturated carbocycles. The molecule has 6 rings (SSSR count). The van der Waals surface area contributed by atoms with Gasteiger partial charge in [-0.05, 0) is 68.4 Å². The summed E-state index contributed by atoms with van der Waals surface area (Å²) in [5.41, 5.74) is -0.619. The smallest absolute Gasteiger partial charge is 0.221 e. The van der Waals surface area contributed by atoms with Gasteiger partial charge in [0.2, 0.25) is 5.88 Å². The fraction of sp³-hybridized carbons (Fsp3) is 0.679. The van der Waals surface area contributed by atoms with Crippen molar-refractivity contribution in [2.24, 2.45) is 34.5 Å². The third kappa shape index (κ3) is 2.94. The van der Waals surface area contributed by atoms with Gasteiger partial charge < -0.3 is 19.3 Å². The van der Waals surface area contributed by atoms with Crippen LogP contribution in [-0.2, 0) is 14.3 Å². The van der Waals surface area contributed by atoms with Gasteiger partial charge in [-0.3, -0.25) is 4.79 Å². The molecule has 0 amide bonds. The van der Waals surface area contributed by atoms with Gasteiger partial charge in [0.05, 0.1) is 12.0 Å². The Morgan fingerprint density at radius 1 is 1.19 bits per heavy atom. The number of hydrogen-bond acceptors (Lipinski definition) is 7. The number of allylic oxidation sites excluding steroid dienone is 1. The third-order valence-electron chi connectivity index (χ3n) is 9.88. The number of hydrogen-bond donors (Lipinski definition) is 1. The fourth-order valence-electron chi connectivity index (χ4n) is 7.94. The number of nitrogens with zero attached hydrogens (tertiary/aromatic N) is 2. The van der Waals surface area contributed by atoms with Crippen LogP contribution in [0.2, 0.25) is 5.15 Å². The van der Waals surface area contributed by atoms with E-state index < -0.39 is 29.0 Å². The lowest BCUT2D eigenvalue weighted by molar-refractivity contribution is -0.301. The molecule has 194 valence electrons. The van der Waals surface area contributed by atoms with Crippen LogP contribution in [0.4, 0.5) is 0 Å². The number of fused-ring (bicyclic) bond motifs is 5. The van der Waals surface area contributed by atoms with Crippen molar-refractivity contribution in [2.75, 3.05) is 6.61 Å². The van der Waals surface area contributed by atoms with Gasteiger partial charge in [0.25, 0.3) is 0 Å². The maximum absolute atomic E-state index is 14.7. The highest BCUT2D eigenvalue weighted by atomic mass is 35.5. The van der Waals surface area contributed by atoms with Gasteiger partial charge in [0, 0.05) is 11.5 Å². The zero-order valence-electron chi connectivity index (χ0n) is 22.0. The van der Waals surface area contributed by atoms with E-state index in [4.69, 9.17) is 25.8 Å². The average molecular weight is 515 g/mol. The van der Waals surface area contributed by atoms with E-state index in [1.807, 2.05) is 26.8 Å². The van der Waals surface area contributed by atoms with Gasteiger partial charge in [-0.25, -0.2) is 9.97 Å². The highest BCUT2D eigenvalue weighted by molar-refractivity contribution is 6.30. The molecule has 1 saturated heterocycles. The molecule has 8 atom stereocenters. The first kappa shape index (κ1) is 24.5. The number of carbonyl (C=O) groups excluding carboxylic acids is 1. The Kier molecular flexibility index (Phi) is 5.04. The molecule has 36 heavy (non-hydrogen) atoms. The van der Waals surface area contributed by atoms with Gasteiger partial charge >= 0.3 is 0 Å². The van der Waals surface area contributed by atoms with E-state index in [9.17, 15) is 9.90 Å². The van der Waals surface area contributed by atoms with Crippen molar-refractivity contribution in [3.8, 4) is 5.88 Å². The summed E-state index contributed by atoms with van der Waals surface area (Å²) >= 11 is 6.27. The van der Waals surface area contributed by atoms with Crippen molar-refractivity contribution < 1.29 is 24.1 Å². The highest BCUT2D eigenvalue weighted by Crippen LogP contribution is 2.72. The summed E-state index contributed by atoms with van der Waals surface area (Å²) in [5.74, 6) is -0.375. The van der Waals surface area contributed by atoms with Crippen LogP contribution in [0.25, 0.3) is 0 Å². The van der Waals surface area contributed by atoms with Crippen molar-refractivity contribution >= 4 is 17.4 Å². The second kappa shape index (κ2) is 7.40. The second-order valence-corrected chi connectivity index (χ2v) is 12.9. The highest BCUT2D eigenvalue weighted by Gasteiger charge is 2.77. The van der Waals surface area contributed by atoms with Crippen LogP contribution in [-0.4, -0.2) is 51.1 Å².